The highest BCUT2D eigenvalue weighted by molar-refractivity contribution is 7.16. The van der Waals surface area contributed by atoms with E-state index in [0.717, 1.165) is 62.8 Å². The number of aromatic nitrogens is 2. The lowest BCUT2D eigenvalue weighted by Gasteiger charge is -2.33. The average molecular weight is 319 g/mol. The van der Waals surface area contributed by atoms with Crippen molar-refractivity contribution in [1.29, 1.82) is 0 Å². The van der Waals surface area contributed by atoms with Gasteiger partial charge in [-0.25, -0.2) is 9.97 Å². The summed E-state index contributed by atoms with van der Waals surface area (Å²) in [5, 5.41) is 3.26. The maximum atomic E-state index is 6.09. The van der Waals surface area contributed by atoms with E-state index in [1.54, 1.807) is 17.7 Å². The van der Waals surface area contributed by atoms with Gasteiger partial charge in [0.05, 0.1) is 24.7 Å². The van der Waals surface area contributed by atoms with Crippen molar-refractivity contribution in [2.45, 2.75) is 25.4 Å². The molecule has 6 heteroatoms. The second kappa shape index (κ2) is 6.48. The average Bonchev–Trinajstić information content (AvgIpc) is 3.24. The zero-order valence-electron chi connectivity index (χ0n) is 12.6. The predicted molar refractivity (Wildman–Crippen MR) is 87.5 cm³/mol. The van der Waals surface area contributed by atoms with Gasteiger partial charge in [-0.1, -0.05) is 0 Å². The summed E-state index contributed by atoms with van der Waals surface area (Å²) in [7, 11) is 0. The van der Waals surface area contributed by atoms with Crippen molar-refractivity contribution in [2.24, 2.45) is 5.92 Å². The summed E-state index contributed by atoms with van der Waals surface area (Å²) >= 11 is 1.67. The zero-order chi connectivity index (χ0) is 14.8. The molecule has 0 spiro atoms. The number of ether oxygens (including phenoxy) is 2. The number of nitrogens with zero attached hydrogens (tertiary/aromatic N) is 3. The predicted octanol–water partition coefficient (Wildman–Crippen LogP) is 2.71. The molecule has 0 aromatic carbocycles. The number of piperidine rings is 1. The zero-order valence-corrected chi connectivity index (χ0v) is 13.4. The van der Waals surface area contributed by atoms with Crippen molar-refractivity contribution in [1.82, 2.24) is 9.97 Å². The monoisotopic (exact) mass is 319 g/mol. The maximum absolute atomic E-state index is 6.09. The third-order valence-electron chi connectivity index (χ3n) is 4.57. The Bertz CT molecular complexity index is 619. The molecule has 2 saturated heterocycles. The van der Waals surface area contributed by atoms with Crippen LogP contribution in [-0.4, -0.2) is 49.0 Å². The highest BCUT2D eigenvalue weighted by Crippen LogP contribution is 2.29. The molecule has 4 rings (SSSR count). The van der Waals surface area contributed by atoms with Crippen molar-refractivity contribution < 1.29 is 9.47 Å². The van der Waals surface area contributed by atoms with Crippen LogP contribution in [0.3, 0.4) is 0 Å². The summed E-state index contributed by atoms with van der Waals surface area (Å²) in [6, 6.07) is 2.12. The van der Waals surface area contributed by atoms with Crippen LogP contribution < -0.4 is 4.90 Å². The van der Waals surface area contributed by atoms with Gasteiger partial charge in [0.2, 0.25) is 0 Å². The Kier molecular flexibility index (Phi) is 4.23. The molecule has 118 valence electrons. The van der Waals surface area contributed by atoms with Gasteiger partial charge in [0.1, 0.15) is 17.0 Å². The molecule has 1 atom stereocenters. The molecule has 0 aliphatic carbocycles. The second-order valence-electron chi connectivity index (χ2n) is 6.09. The van der Waals surface area contributed by atoms with Crippen LogP contribution in [0.4, 0.5) is 5.82 Å². The van der Waals surface area contributed by atoms with Crippen LogP contribution in [0.5, 0.6) is 0 Å². The summed E-state index contributed by atoms with van der Waals surface area (Å²) < 4.78 is 11.5. The lowest BCUT2D eigenvalue weighted by molar-refractivity contribution is 0.0131. The minimum atomic E-state index is 0.386. The summed E-state index contributed by atoms with van der Waals surface area (Å²) in [5.41, 5.74) is 0. The number of fused-ring (bicyclic) bond motifs is 1. The SMILES string of the molecule is c1nc(N2CCC(OCC3CCOC3)CC2)c2ccsc2n1. The van der Waals surface area contributed by atoms with E-state index in [1.165, 1.54) is 5.39 Å². The number of rotatable bonds is 4. The van der Waals surface area contributed by atoms with E-state index in [2.05, 4.69) is 26.3 Å². The van der Waals surface area contributed by atoms with E-state index in [4.69, 9.17) is 9.47 Å². The van der Waals surface area contributed by atoms with Crippen LogP contribution in [0.1, 0.15) is 19.3 Å². The fourth-order valence-corrected chi connectivity index (χ4v) is 3.98. The fraction of sp³-hybridized carbons (Fsp3) is 0.625. The van der Waals surface area contributed by atoms with Gasteiger partial charge >= 0.3 is 0 Å². The molecule has 0 amide bonds. The molecular formula is C16H21N3O2S. The summed E-state index contributed by atoms with van der Waals surface area (Å²) in [6.07, 6.45) is 5.36. The van der Waals surface area contributed by atoms with E-state index in [0.29, 0.717) is 12.0 Å². The smallest absolute Gasteiger partial charge is 0.140 e. The number of hydrogen-bond acceptors (Lipinski definition) is 6. The van der Waals surface area contributed by atoms with Crippen LogP contribution in [0.25, 0.3) is 10.2 Å². The molecule has 2 aromatic rings. The molecule has 2 aliphatic heterocycles. The van der Waals surface area contributed by atoms with E-state index in [1.807, 2.05) is 0 Å². The molecule has 0 radical (unpaired) electrons. The van der Waals surface area contributed by atoms with E-state index < -0.39 is 0 Å². The number of thiophene rings is 1. The Hall–Kier alpha value is -1.24. The normalized spacial score (nSPS) is 23.5. The van der Waals surface area contributed by atoms with Gasteiger partial charge < -0.3 is 14.4 Å². The molecule has 0 bridgehead atoms. The highest BCUT2D eigenvalue weighted by atomic mass is 32.1. The minimum absolute atomic E-state index is 0.386. The quantitative estimate of drug-likeness (QED) is 0.867. The molecule has 4 heterocycles. The number of hydrogen-bond donors (Lipinski definition) is 0. The third kappa shape index (κ3) is 2.95. The van der Waals surface area contributed by atoms with Gasteiger partial charge in [-0.15, -0.1) is 11.3 Å². The van der Waals surface area contributed by atoms with Crippen molar-refractivity contribution in [3.63, 3.8) is 0 Å². The van der Waals surface area contributed by atoms with Crippen LogP contribution in [0.15, 0.2) is 17.8 Å². The largest absolute Gasteiger partial charge is 0.381 e. The Labute approximate surface area is 134 Å². The fourth-order valence-electron chi connectivity index (χ4n) is 3.25. The van der Waals surface area contributed by atoms with E-state index >= 15 is 0 Å². The Morgan fingerprint density at radius 2 is 2.18 bits per heavy atom. The molecule has 1 unspecified atom stereocenters. The van der Waals surface area contributed by atoms with Gasteiger partial charge in [-0.2, -0.15) is 0 Å². The molecule has 0 saturated carbocycles. The van der Waals surface area contributed by atoms with Gasteiger partial charge in [0.25, 0.3) is 0 Å². The maximum Gasteiger partial charge on any atom is 0.140 e. The molecule has 22 heavy (non-hydrogen) atoms. The topological polar surface area (TPSA) is 47.5 Å². The molecule has 2 aromatic heterocycles. The lowest BCUT2D eigenvalue weighted by Crippen LogP contribution is -2.38. The van der Waals surface area contributed by atoms with Crippen molar-refractivity contribution in [2.75, 3.05) is 37.8 Å². The van der Waals surface area contributed by atoms with Crippen molar-refractivity contribution in [3.8, 4) is 0 Å². The molecule has 2 fully saturated rings. The second-order valence-corrected chi connectivity index (χ2v) is 6.98. The van der Waals surface area contributed by atoms with Gasteiger partial charge in [-0.05, 0) is 30.7 Å². The first-order chi connectivity index (χ1) is 10.9. The van der Waals surface area contributed by atoms with Crippen LogP contribution in [-0.2, 0) is 9.47 Å². The molecular weight excluding hydrogens is 298 g/mol. The summed E-state index contributed by atoms with van der Waals surface area (Å²) in [4.78, 5) is 12.3. The molecule has 2 aliphatic rings. The lowest BCUT2D eigenvalue weighted by atomic mass is 10.1. The van der Waals surface area contributed by atoms with Crippen molar-refractivity contribution >= 4 is 27.4 Å². The first-order valence-electron chi connectivity index (χ1n) is 8.02. The van der Waals surface area contributed by atoms with Crippen molar-refractivity contribution in [3.05, 3.63) is 17.8 Å². The first kappa shape index (κ1) is 14.4. The molecule has 5 nitrogen and oxygen atoms in total. The third-order valence-corrected chi connectivity index (χ3v) is 5.39. The first-order valence-corrected chi connectivity index (χ1v) is 8.90. The van der Waals surface area contributed by atoms with Gasteiger partial charge in [0.15, 0.2) is 0 Å². The minimum Gasteiger partial charge on any atom is -0.381 e. The van der Waals surface area contributed by atoms with Gasteiger partial charge in [0, 0.05) is 25.6 Å². The Morgan fingerprint density at radius 3 is 3.00 bits per heavy atom. The Morgan fingerprint density at radius 1 is 1.27 bits per heavy atom. The van der Waals surface area contributed by atoms with E-state index in [9.17, 15) is 0 Å². The standard InChI is InChI=1S/C16H21N3O2S/c1-5-19(15-14-4-8-22-16(14)18-11-17-15)6-2-13(1)21-10-12-3-7-20-9-12/h4,8,11-13H,1-3,5-7,9-10H2. The summed E-state index contributed by atoms with van der Waals surface area (Å²) in [6.45, 7) is 4.64. The van der Waals surface area contributed by atoms with Crippen LogP contribution >= 0.6 is 11.3 Å². The van der Waals surface area contributed by atoms with E-state index in [-0.39, 0.29) is 0 Å². The Balaban J connectivity index is 1.34. The van der Waals surface area contributed by atoms with Crippen LogP contribution in [0.2, 0.25) is 0 Å². The number of anilines is 1. The molecule has 0 N–H and O–H groups in total. The summed E-state index contributed by atoms with van der Waals surface area (Å²) in [5.74, 6) is 1.68. The van der Waals surface area contributed by atoms with Crippen LogP contribution in [0, 0.1) is 5.92 Å². The van der Waals surface area contributed by atoms with Gasteiger partial charge in [-0.3, -0.25) is 0 Å². The highest BCUT2D eigenvalue weighted by Gasteiger charge is 2.24.